The van der Waals surface area contributed by atoms with Crippen molar-refractivity contribution in [1.82, 2.24) is 4.57 Å². The molecular formula is C58H58BN2. The van der Waals surface area contributed by atoms with E-state index >= 15 is 0 Å². The number of benzene rings is 7. The van der Waals surface area contributed by atoms with Crippen molar-refractivity contribution < 1.29 is 0 Å². The maximum atomic E-state index is 4.02. The first-order chi connectivity index (χ1) is 29.2. The third kappa shape index (κ3) is 6.55. The second kappa shape index (κ2) is 14.4. The molecule has 2 heterocycles. The van der Waals surface area contributed by atoms with Gasteiger partial charge in [0, 0.05) is 44.3 Å². The molecule has 10 rings (SSSR count). The van der Waals surface area contributed by atoms with E-state index in [9.17, 15) is 0 Å². The molecule has 0 spiro atoms. The molecule has 303 valence electrons. The number of aryl methyl sites for hydroxylation is 1. The average molecular weight is 794 g/mol. The van der Waals surface area contributed by atoms with E-state index in [1.165, 1.54) is 119 Å². The van der Waals surface area contributed by atoms with Crippen molar-refractivity contribution in [3.8, 4) is 39.1 Å². The van der Waals surface area contributed by atoms with Gasteiger partial charge in [-0.1, -0.05) is 172 Å². The Balaban J connectivity index is 1.28. The van der Waals surface area contributed by atoms with Gasteiger partial charge in [-0.05, 0) is 127 Å². The minimum absolute atomic E-state index is 0.0202. The van der Waals surface area contributed by atoms with Gasteiger partial charge < -0.3 is 9.88 Å². The normalized spacial score (nSPS) is 13.9. The standard InChI is InChI=1S/C58H58BN2/c1-10-11-12-17-36-22-29-40(30-23-36)60-50-35-44-41-18-13-15-20-47(41)58(8,9)48(44)34-45(50)46-33-43(37-24-26-38(27-25-37)56(2,3)4)53-42-19-14-16-21-51(42)61-52-31-28-39(57(5,6)7)32-49(52)59-54(46)55(53)61/h13-16,18-35,60H,10-12,17H2,1-9H3. The van der Waals surface area contributed by atoms with Crippen LogP contribution in [0.15, 0.2) is 133 Å². The fraction of sp³-hybridized carbons (Fsp3) is 0.276. The second-order valence-electron chi connectivity index (χ2n) is 20.3. The lowest BCUT2D eigenvalue weighted by atomic mass is 9.58. The maximum absolute atomic E-state index is 4.02. The molecule has 1 aliphatic carbocycles. The maximum Gasteiger partial charge on any atom is 0.197 e. The molecule has 1 radical (unpaired) electrons. The number of rotatable bonds is 8. The van der Waals surface area contributed by atoms with Crippen LogP contribution in [0.2, 0.25) is 0 Å². The highest BCUT2D eigenvalue weighted by atomic mass is 15.0. The Labute approximate surface area is 364 Å². The van der Waals surface area contributed by atoms with E-state index in [4.69, 9.17) is 0 Å². The molecule has 0 saturated carbocycles. The highest BCUT2D eigenvalue weighted by Crippen LogP contribution is 2.52. The monoisotopic (exact) mass is 793 g/mol. The molecule has 61 heavy (non-hydrogen) atoms. The zero-order chi connectivity index (χ0) is 42.4. The van der Waals surface area contributed by atoms with Gasteiger partial charge in [-0.3, -0.25) is 0 Å². The summed E-state index contributed by atoms with van der Waals surface area (Å²) in [5.74, 6) is 0. The van der Waals surface area contributed by atoms with Crippen LogP contribution < -0.4 is 16.2 Å². The summed E-state index contributed by atoms with van der Waals surface area (Å²) in [5.41, 5.74) is 22.9. The van der Waals surface area contributed by atoms with Crippen LogP contribution in [-0.2, 0) is 22.7 Å². The number of anilines is 2. The van der Waals surface area contributed by atoms with Gasteiger partial charge in [-0.25, -0.2) is 0 Å². The van der Waals surface area contributed by atoms with E-state index in [0.29, 0.717) is 0 Å². The molecule has 0 amide bonds. The summed E-state index contributed by atoms with van der Waals surface area (Å²) in [4.78, 5) is 0. The Morgan fingerprint density at radius 2 is 1.31 bits per heavy atom. The number of aromatic nitrogens is 1. The van der Waals surface area contributed by atoms with E-state index in [2.05, 4.69) is 213 Å². The van der Waals surface area contributed by atoms with E-state index < -0.39 is 0 Å². The lowest BCUT2D eigenvalue weighted by Gasteiger charge is -2.28. The SMILES string of the molecule is CCCCCc1ccc(Nc2cc3c(cc2-c2cc(-c4ccc(C(C)(C)C)cc4)c4c5ccccc5n5c4c2[B]c2cc(C(C)(C)C)ccc2-5)C(C)(C)c2ccccc2-3)cc1. The van der Waals surface area contributed by atoms with Gasteiger partial charge in [0.2, 0.25) is 0 Å². The van der Waals surface area contributed by atoms with E-state index in [-0.39, 0.29) is 16.2 Å². The van der Waals surface area contributed by atoms with Gasteiger partial charge >= 0.3 is 0 Å². The second-order valence-corrected chi connectivity index (χ2v) is 20.3. The third-order valence-corrected chi connectivity index (χ3v) is 13.8. The molecule has 1 N–H and O–H groups in total. The van der Waals surface area contributed by atoms with Crippen molar-refractivity contribution in [2.75, 3.05) is 5.32 Å². The first-order valence-electron chi connectivity index (χ1n) is 22.6. The summed E-state index contributed by atoms with van der Waals surface area (Å²) >= 11 is 0. The molecule has 0 atom stereocenters. The van der Waals surface area contributed by atoms with E-state index in [1.54, 1.807) is 0 Å². The zero-order valence-corrected chi connectivity index (χ0v) is 37.6. The lowest BCUT2D eigenvalue weighted by Crippen LogP contribution is -2.38. The van der Waals surface area contributed by atoms with Crippen LogP contribution in [0.4, 0.5) is 11.4 Å². The summed E-state index contributed by atoms with van der Waals surface area (Å²) in [6.07, 6.45) is 4.85. The fourth-order valence-electron chi connectivity index (χ4n) is 10.2. The van der Waals surface area contributed by atoms with Gasteiger partial charge in [-0.15, -0.1) is 0 Å². The Bertz CT molecular complexity index is 3000. The van der Waals surface area contributed by atoms with Crippen LogP contribution in [0, 0.1) is 0 Å². The number of hydrogen-bond acceptors (Lipinski definition) is 1. The van der Waals surface area contributed by atoms with Crippen molar-refractivity contribution in [2.45, 2.75) is 104 Å². The number of nitrogens with zero attached hydrogens (tertiary/aromatic N) is 1. The Kier molecular flexibility index (Phi) is 9.29. The van der Waals surface area contributed by atoms with Crippen molar-refractivity contribution in [3.63, 3.8) is 0 Å². The van der Waals surface area contributed by atoms with Crippen molar-refractivity contribution >= 4 is 51.4 Å². The number of para-hydroxylation sites is 1. The number of fused-ring (bicyclic) bond motifs is 8. The predicted octanol–water partition coefficient (Wildman–Crippen LogP) is 14.5. The molecule has 0 fully saturated rings. The van der Waals surface area contributed by atoms with Gasteiger partial charge in [-0.2, -0.15) is 0 Å². The Morgan fingerprint density at radius 1 is 0.607 bits per heavy atom. The average Bonchev–Trinajstić information content (AvgIpc) is 3.70. The van der Waals surface area contributed by atoms with E-state index in [0.717, 1.165) is 17.8 Å². The minimum Gasteiger partial charge on any atom is -0.355 e. The number of nitrogens with one attached hydrogen (secondary N) is 1. The van der Waals surface area contributed by atoms with Crippen molar-refractivity contribution in [1.29, 1.82) is 0 Å². The summed E-state index contributed by atoms with van der Waals surface area (Å²) in [6.45, 7) is 20.9. The van der Waals surface area contributed by atoms with Crippen LogP contribution in [0.5, 0.6) is 0 Å². The van der Waals surface area contributed by atoms with Crippen LogP contribution in [-0.4, -0.2) is 11.8 Å². The van der Waals surface area contributed by atoms with Crippen LogP contribution >= 0.6 is 0 Å². The van der Waals surface area contributed by atoms with Gasteiger partial charge in [0.05, 0.1) is 5.52 Å². The third-order valence-electron chi connectivity index (χ3n) is 13.8. The molecule has 0 bridgehead atoms. The van der Waals surface area contributed by atoms with Crippen molar-refractivity contribution in [2.24, 2.45) is 0 Å². The molecule has 7 aromatic carbocycles. The Morgan fingerprint density at radius 3 is 2.05 bits per heavy atom. The van der Waals surface area contributed by atoms with Crippen LogP contribution in [0.1, 0.15) is 109 Å². The number of hydrogen-bond donors (Lipinski definition) is 1. The zero-order valence-electron chi connectivity index (χ0n) is 37.6. The fourth-order valence-corrected chi connectivity index (χ4v) is 10.2. The molecule has 3 heteroatoms. The summed E-state index contributed by atoms with van der Waals surface area (Å²) in [7, 11) is 2.50. The quantitative estimate of drug-likeness (QED) is 0.120. The smallest absolute Gasteiger partial charge is 0.197 e. The molecular weight excluding hydrogens is 735 g/mol. The van der Waals surface area contributed by atoms with Crippen LogP contribution in [0.3, 0.4) is 0 Å². The Hall–Kier alpha value is -5.80. The summed E-state index contributed by atoms with van der Waals surface area (Å²) < 4.78 is 2.57. The van der Waals surface area contributed by atoms with Crippen LogP contribution in [0.25, 0.3) is 60.9 Å². The molecule has 0 unspecified atom stereocenters. The highest BCUT2D eigenvalue weighted by molar-refractivity contribution is 6.73. The predicted molar refractivity (Wildman–Crippen MR) is 265 cm³/mol. The largest absolute Gasteiger partial charge is 0.355 e. The molecule has 8 aromatic rings. The molecule has 0 saturated heterocycles. The first kappa shape index (κ1) is 39.3. The molecule has 2 nitrogen and oxygen atoms in total. The molecule has 1 aliphatic heterocycles. The topological polar surface area (TPSA) is 17.0 Å². The van der Waals surface area contributed by atoms with Gasteiger partial charge in [0.1, 0.15) is 0 Å². The summed E-state index contributed by atoms with van der Waals surface area (Å²) in [5, 5.41) is 6.61. The first-order valence-corrected chi connectivity index (χ1v) is 22.6. The lowest BCUT2D eigenvalue weighted by molar-refractivity contribution is 0.590. The number of unbranched alkanes of at least 4 members (excludes halogenated alkanes) is 2. The molecule has 1 aromatic heterocycles. The van der Waals surface area contributed by atoms with Crippen molar-refractivity contribution in [3.05, 3.63) is 161 Å². The highest BCUT2D eigenvalue weighted by Gasteiger charge is 2.37. The van der Waals surface area contributed by atoms with Gasteiger partial charge in [0.15, 0.2) is 7.28 Å². The molecule has 2 aliphatic rings. The van der Waals surface area contributed by atoms with Gasteiger partial charge in [0.25, 0.3) is 0 Å². The summed E-state index contributed by atoms with van der Waals surface area (Å²) in [6, 6.07) is 51.3. The van der Waals surface area contributed by atoms with E-state index in [1.807, 2.05) is 0 Å². The minimum atomic E-state index is -0.154.